The van der Waals surface area contributed by atoms with Crippen LogP contribution in [0.5, 0.6) is 0 Å². The van der Waals surface area contributed by atoms with Crippen molar-refractivity contribution in [2.24, 2.45) is 0 Å². The van der Waals surface area contributed by atoms with Gasteiger partial charge in [-0.25, -0.2) is 0 Å². The Morgan fingerprint density at radius 1 is 0.909 bits per heavy atom. The monoisotopic (exact) mass is 296 g/mol. The van der Waals surface area contributed by atoms with Gasteiger partial charge in [-0.2, -0.15) is 0 Å². The Hall–Kier alpha value is -2.62. The summed E-state index contributed by atoms with van der Waals surface area (Å²) < 4.78 is 0. The third-order valence-corrected chi connectivity index (χ3v) is 3.10. The number of hydrogen-bond acceptors (Lipinski definition) is 2. The standard InChI is InChI=1S/C18H20N2O2/c1-12(2)19-17(21)14-7-9-15(10-8-14)18(22)20-16-6-4-5-13(3)11-16/h4-12H,1-3H3,(H,19,21)(H,20,22). The fourth-order valence-corrected chi connectivity index (χ4v) is 2.04. The lowest BCUT2D eigenvalue weighted by Gasteiger charge is -2.09. The van der Waals surface area contributed by atoms with Crippen molar-refractivity contribution < 1.29 is 9.59 Å². The van der Waals surface area contributed by atoms with Crippen LogP contribution in [0.3, 0.4) is 0 Å². The molecule has 0 spiro atoms. The second-order valence-electron chi connectivity index (χ2n) is 5.53. The van der Waals surface area contributed by atoms with E-state index in [4.69, 9.17) is 0 Å². The van der Waals surface area contributed by atoms with Gasteiger partial charge in [-0.05, 0) is 62.7 Å². The van der Waals surface area contributed by atoms with Crippen molar-refractivity contribution in [1.82, 2.24) is 5.32 Å². The van der Waals surface area contributed by atoms with Gasteiger partial charge in [-0.15, -0.1) is 0 Å². The molecule has 0 saturated heterocycles. The molecule has 0 aromatic heterocycles. The smallest absolute Gasteiger partial charge is 0.255 e. The molecule has 22 heavy (non-hydrogen) atoms. The third-order valence-electron chi connectivity index (χ3n) is 3.10. The molecule has 2 rings (SSSR count). The number of rotatable bonds is 4. The Labute approximate surface area is 130 Å². The Morgan fingerprint density at radius 3 is 2.05 bits per heavy atom. The summed E-state index contributed by atoms with van der Waals surface area (Å²) in [5.74, 6) is -0.331. The van der Waals surface area contributed by atoms with Crippen LogP contribution in [0.4, 0.5) is 5.69 Å². The van der Waals surface area contributed by atoms with E-state index in [0.29, 0.717) is 11.1 Å². The molecule has 0 aliphatic carbocycles. The van der Waals surface area contributed by atoms with Gasteiger partial charge >= 0.3 is 0 Å². The Bertz CT molecular complexity index is 676. The first-order chi connectivity index (χ1) is 10.5. The summed E-state index contributed by atoms with van der Waals surface area (Å²) in [6.45, 7) is 5.78. The van der Waals surface area contributed by atoms with Gasteiger partial charge in [-0.1, -0.05) is 12.1 Å². The first-order valence-electron chi connectivity index (χ1n) is 7.24. The average molecular weight is 296 g/mol. The largest absolute Gasteiger partial charge is 0.350 e. The maximum atomic E-state index is 12.2. The lowest BCUT2D eigenvalue weighted by Crippen LogP contribution is -2.30. The van der Waals surface area contributed by atoms with Gasteiger partial charge in [-0.3, -0.25) is 9.59 Å². The molecule has 0 heterocycles. The molecule has 0 saturated carbocycles. The predicted octanol–water partition coefficient (Wildman–Crippen LogP) is 3.39. The normalized spacial score (nSPS) is 10.4. The minimum atomic E-state index is -0.193. The highest BCUT2D eigenvalue weighted by Crippen LogP contribution is 2.12. The van der Waals surface area contributed by atoms with E-state index in [1.807, 2.05) is 45.0 Å². The van der Waals surface area contributed by atoms with Gasteiger partial charge in [0.25, 0.3) is 11.8 Å². The number of carbonyl (C=O) groups excluding carboxylic acids is 2. The summed E-state index contributed by atoms with van der Waals surface area (Å²) in [5.41, 5.74) is 2.90. The van der Waals surface area contributed by atoms with Gasteiger partial charge in [0, 0.05) is 22.9 Å². The molecule has 2 aromatic rings. The van der Waals surface area contributed by atoms with E-state index in [-0.39, 0.29) is 17.9 Å². The summed E-state index contributed by atoms with van der Waals surface area (Å²) in [7, 11) is 0. The highest BCUT2D eigenvalue weighted by molar-refractivity contribution is 6.05. The topological polar surface area (TPSA) is 58.2 Å². The van der Waals surface area contributed by atoms with E-state index in [1.54, 1.807) is 24.3 Å². The van der Waals surface area contributed by atoms with Crippen LogP contribution < -0.4 is 10.6 Å². The van der Waals surface area contributed by atoms with Crippen molar-refractivity contribution in [1.29, 1.82) is 0 Å². The molecular formula is C18H20N2O2. The van der Waals surface area contributed by atoms with Crippen molar-refractivity contribution in [3.63, 3.8) is 0 Å². The van der Waals surface area contributed by atoms with Gasteiger partial charge in [0.05, 0.1) is 0 Å². The number of anilines is 1. The van der Waals surface area contributed by atoms with Crippen LogP contribution in [-0.4, -0.2) is 17.9 Å². The Kier molecular flexibility index (Phi) is 4.94. The molecule has 2 N–H and O–H groups in total. The number of benzene rings is 2. The molecule has 0 unspecified atom stereocenters. The third kappa shape index (κ3) is 4.19. The molecule has 4 nitrogen and oxygen atoms in total. The summed E-state index contributed by atoms with van der Waals surface area (Å²) in [4.78, 5) is 24.0. The number of amides is 2. The molecular weight excluding hydrogens is 276 g/mol. The lowest BCUT2D eigenvalue weighted by molar-refractivity contribution is 0.0941. The number of nitrogens with one attached hydrogen (secondary N) is 2. The van der Waals surface area contributed by atoms with Crippen LogP contribution in [0.15, 0.2) is 48.5 Å². The van der Waals surface area contributed by atoms with Crippen molar-refractivity contribution in [3.8, 4) is 0 Å². The zero-order valence-electron chi connectivity index (χ0n) is 13.0. The number of aryl methyl sites for hydroxylation is 1. The molecule has 0 radical (unpaired) electrons. The maximum Gasteiger partial charge on any atom is 0.255 e. The van der Waals surface area contributed by atoms with Gasteiger partial charge in [0.1, 0.15) is 0 Å². The second-order valence-corrected chi connectivity index (χ2v) is 5.53. The molecule has 0 aliphatic heterocycles. The van der Waals surface area contributed by atoms with Crippen LogP contribution in [0.1, 0.15) is 40.1 Å². The van der Waals surface area contributed by atoms with Crippen LogP contribution in [0, 0.1) is 6.92 Å². The minimum absolute atomic E-state index is 0.0804. The molecule has 0 aliphatic rings. The van der Waals surface area contributed by atoms with Gasteiger partial charge in [0.2, 0.25) is 0 Å². The van der Waals surface area contributed by atoms with E-state index in [2.05, 4.69) is 10.6 Å². The average Bonchev–Trinajstić information content (AvgIpc) is 2.46. The van der Waals surface area contributed by atoms with E-state index < -0.39 is 0 Å². The van der Waals surface area contributed by atoms with Gasteiger partial charge < -0.3 is 10.6 Å². The van der Waals surface area contributed by atoms with Crippen LogP contribution in [-0.2, 0) is 0 Å². The van der Waals surface area contributed by atoms with Crippen LogP contribution in [0.25, 0.3) is 0 Å². The first kappa shape index (κ1) is 15.8. The molecule has 2 aromatic carbocycles. The fourth-order valence-electron chi connectivity index (χ4n) is 2.04. The maximum absolute atomic E-state index is 12.2. The zero-order valence-corrected chi connectivity index (χ0v) is 13.0. The summed E-state index contributed by atoms with van der Waals surface area (Å²) in [6.07, 6.45) is 0. The Morgan fingerprint density at radius 2 is 1.50 bits per heavy atom. The zero-order chi connectivity index (χ0) is 16.1. The van der Waals surface area contributed by atoms with E-state index in [9.17, 15) is 9.59 Å². The van der Waals surface area contributed by atoms with Crippen molar-refractivity contribution in [2.45, 2.75) is 26.8 Å². The summed E-state index contributed by atoms with van der Waals surface area (Å²) >= 11 is 0. The first-order valence-corrected chi connectivity index (χ1v) is 7.24. The Balaban J connectivity index is 2.06. The minimum Gasteiger partial charge on any atom is -0.350 e. The highest BCUT2D eigenvalue weighted by atomic mass is 16.2. The predicted molar refractivity (Wildman–Crippen MR) is 88.2 cm³/mol. The summed E-state index contributed by atoms with van der Waals surface area (Å²) in [6, 6.07) is 14.3. The van der Waals surface area contributed by atoms with Crippen molar-refractivity contribution in [3.05, 3.63) is 65.2 Å². The van der Waals surface area contributed by atoms with E-state index in [0.717, 1.165) is 11.3 Å². The molecule has 4 heteroatoms. The second kappa shape index (κ2) is 6.89. The molecule has 114 valence electrons. The lowest BCUT2D eigenvalue weighted by atomic mass is 10.1. The SMILES string of the molecule is Cc1cccc(NC(=O)c2ccc(C(=O)NC(C)C)cc2)c1. The quantitative estimate of drug-likeness (QED) is 0.908. The molecule has 2 amide bonds. The molecule has 0 fully saturated rings. The number of hydrogen-bond donors (Lipinski definition) is 2. The van der Waals surface area contributed by atoms with E-state index >= 15 is 0 Å². The van der Waals surface area contributed by atoms with Crippen molar-refractivity contribution in [2.75, 3.05) is 5.32 Å². The van der Waals surface area contributed by atoms with E-state index in [1.165, 1.54) is 0 Å². The molecule has 0 atom stereocenters. The molecule has 0 bridgehead atoms. The fraction of sp³-hybridized carbons (Fsp3) is 0.222. The van der Waals surface area contributed by atoms with Gasteiger partial charge in [0.15, 0.2) is 0 Å². The van der Waals surface area contributed by atoms with Crippen LogP contribution in [0.2, 0.25) is 0 Å². The highest BCUT2D eigenvalue weighted by Gasteiger charge is 2.10. The van der Waals surface area contributed by atoms with Crippen LogP contribution >= 0.6 is 0 Å². The van der Waals surface area contributed by atoms with Crippen molar-refractivity contribution >= 4 is 17.5 Å². The number of carbonyl (C=O) groups is 2. The summed E-state index contributed by atoms with van der Waals surface area (Å²) in [5, 5.41) is 5.65.